The van der Waals surface area contributed by atoms with Gasteiger partial charge in [0.15, 0.2) is 0 Å². The van der Waals surface area contributed by atoms with E-state index in [1.54, 1.807) is 26.2 Å². The van der Waals surface area contributed by atoms with Crippen molar-refractivity contribution in [3.63, 3.8) is 0 Å². The smallest absolute Gasteiger partial charge is 0.451 e. The number of aromatic nitrogens is 3. The first-order valence-corrected chi connectivity index (χ1v) is 6.70. The zero-order valence-corrected chi connectivity index (χ0v) is 12.8. The summed E-state index contributed by atoms with van der Waals surface area (Å²) in [4.78, 5) is 10.1. The number of alkyl halides is 3. The monoisotopic (exact) mass is 327 g/mol. The fraction of sp³-hybridized carbons (Fsp3) is 0.357. The number of hydrogen-bond donors (Lipinski definition) is 2. The fourth-order valence-electron chi connectivity index (χ4n) is 2.03. The lowest BCUT2D eigenvalue weighted by atomic mass is 10.1. The minimum atomic E-state index is -4.69. The molecule has 1 aromatic heterocycles. The summed E-state index contributed by atoms with van der Waals surface area (Å²) in [7, 11) is 1.57. The van der Waals surface area contributed by atoms with Gasteiger partial charge in [-0.25, -0.2) is 0 Å². The second-order valence-electron chi connectivity index (χ2n) is 4.93. The van der Waals surface area contributed by atoms with Crippen molar-refractivity contribution in [2.45, 2.75) is 26.1 Å². The Morgan fingerprint density at radius 1 is 1.22 bits per heavy atom. The van der Waals surface area contributed by atoms with Gasteiger partial charge in [0.2, 0.25) is 17.7 Å². The van der Waals surface area contributed by atoms with Gasteiger partial charge in [-0.15, -0.1) is 0 Å². The SMILES string of the molecule is COc1ccc(C(C)Nc2nc(N)nc(C(F)(F)F)n2)cc1C. The van der Waals surface area contributed by atoms with Crippen LogP contribution in [0, 0.1) is 6.92 Å². The summed E-state index contributed by atoms with van der Waals surface area (Å²) >= 11 is 0. The third kappa shape index (κ3) is 3.99. The lowest BCUT2D eigenvalue weighted by molar-refractivity contribution is -0.144. The molecule has 1 aromatic carbocycles. The van der Waals surface area contributed by atoms with E-state index in [0.717, 1.165) is 16.9 Å². The molecule has 0 aliphatic carbocycles. The number of methoxy groups -OCH3 is 1. The van der Waals surface area contributed by atoms with Gasteiger partial charge in [-0.1, -0.05) is 12.1 Å². The van der Waals surface area contributed by atoms with Gasteiger partial charge in [-0.3, -0.25) is 0 Å². The van der Waals surface area contributed by atoms with E-state index in [2.05, 4.69) is 20.3 Å². The molecule has 0 spiro atoms. The molecule has 3 N–H and O–H groups in total. The molecule has 1 unspecified atom stereocenters. The summed E-state index contributed by atoms with van der Waals surface area (Å²) in [5.74, 6) is -1.32. The van der Waals surface area contributed by atoms with Gasteiger partial charge in [0, 0.05) is 0 Å². The minimum Gasteiger partial charge on any atom is -0.496 e. The second-order valence-corrected chi connectivity index (χ2v) is 4.93. The molecule has 0 saturated heterocycles. The van der Waals surface area contributed by atoms with Crippen molar-refractivity contribution in [2.75, 3.05) is 18.2 Å². The summed E-state index contributed by atoms with van der Waals surface area (Å²) < 4.78 is 43.3. The van der Waals surface area contributed by atoms with Gasteiger partial charge in [0.05, 0.1) is 13.2 Å². The Kier molecular flexibility index (Phi) is 4.57. The third-order valence-electron chi connectivity index (χ3n) is 3.17. The fourth-order valence-corrected chi connectivity index (χ4v) is 2.03. The quantitative estimate of drug-likeness (QED) is 0.898. The number of anilines is 2. The van der Waals surface area contributed by atoms with Crippen molar-refractivity contribution in [3.05, 3.63) is 35.2 Å². The Labute approximate surface area is 130 Å². The molecule has 0 fully saturated rings. The van der Waals surface area contributed by atoms with E-state index in [1.165, 1.54) is 0 Å². The highest BCUT2D eigenvalue weighted by Crippen LogP contribution is 2.28. The summed E-state index contributed by atoms with van der Waals surface area (Å²) in [5.41, 5.74) is 7.06. The van der Waals surface area contributed by atoms with Crippen LogP contribution in [0.1, 0.15) is 29.9 Å². The van der Waals surface area contributed by atoms with Crippen LogP contribution in [0.5, 0.6) is 5.75 Å². The third-order valence-corrected chi connectivity index (χ3v) is 3.17. The van der Waals surface area contributed by atoms with Crippen LogP contribution in [-0.2, 0) is 6.18 Å². The van der Waals surface area contributed by atoms with Gasteiger partial charge in [-0.2, -0.15) is 28.1 Å². The van der Waals surface area contributed by atoms with Gasteiger partial charge in [-0.05, 0) is 31.0 Å². The average Bonchev–Trinajstić information content (AvgIpc) is 2.45. The van der Waals surface area contributed by atoms with Gasteiger partial charge >= 0.3 is 6.18 Å². The second kappa shape index (κ2) is 6.27. The average molecular weight is 327 g/mol. The largest absolute Gasteiger partial charge is 0.496 e. The van der Waals surface area contributed by atoms with E-state index < -0.39 is 17.9 Å². The highest BCUT2D eigenvalue weighted by atomic mass is 19.4. The number of nitrogens with one attached hydrogen (secondary N) is 1. The van der Waals surface area contributed by atoms with E-state index in [9.17, 15) is 13.2 Å². The predicted octanol–water partition coefficient (Wildman–Crippen LogP) is 2.96. The Morgan fingerprint density at radius 2 is 1.91 bits per heavy atom. The van der Waals surface area contributed by atoms with Crippen LogP contribution < -0.4 is 15.8 Å². The molecule has 0 saturated carbocycles. The van der Waals surface area contributed by atoms with E-state index in [4.69, 9.17) is 10.5 Å². The molecular weight excluding hydrogens is 311 g/mol. The standard InChI is InChI=1S/C14H16F3N5O/c1-7-6-9(4-5-10(7)23-3)8(2)19-13-21-11(14(15,16)17)20-12(18)22-13/h4-6,8H,1-3H3,(H3,18,19,20,21,22). The van der Waals surface area contributed by atoms with Crippen molar-refractivity contribution in [3.8, 4) is 5.75 Å². The Balaban J connectivity index is 2.25. The van der Waals surface area contributed by atoms with Gasteiger partial charge in [0.25, 0.3) is 0 Å². The maximum Gasteiger partial charge on any atom is 0.451 e. The van der Waals surface area contributed by atoms with Gasteiger partial charge < -0.3 is 15.8 Å². The van der Waals surface area contributed by atoms with Crippen LogP contribution in [-0.4, -0.2) is 22.1 Å². The predicted molar refractivity (Wildman–Crippen MR) is 79.0 cm³/mol. The van der Waals surface area contributed by atoms with Crippen LogP contribution in [0.4, 0.5) is 25.1 Å². The molecule has 0 bridgehead atoms. The number of rotatable bonds is 4. The first-order chi connectivity index (χ1) is 10.7. The number of nitrogens with zero attached hydrogens (tertiary/aromatic N) is 3. The number of nitrogen functional groups attached to an aromatic ring is 1. The van der Waals surface area contributed by atoms with E-state index >= 15 is 0 Å². The highest BCUT2D eigenvalue weighted by Gasteiger charge is 2.35. The molecule has 0 aliphatic heterocycles. The van der Waals surface area contributed by atoms with Crippen LogP contribution >= 0.6 is 0 Å². The maximum absolute atomic E-state index is 12.7. The zero-order chi connectivity index (χ0) is 17.2. The molecule has 0 amide bonds. The molecule has 23 heavy (non-hydrogen) atoms. The number of halogens is 3. The molecule has 0 radical (unpaired) electrons. The molecule has 2 aromatic rings. The summed E-state index contributed by atoms with van der Waals surface area (Å²) in [6.07, 6.45) is -4.69. The molecule has 124 valence electrons. The molecule has 1 atom stereocenters. The molecule has 2 rings (SSSR count). The van der Waals surface area contributed by atoms with Crippen molar-refractivity contribution >= 4 is 11.9 Å². The molecule has 9 heteroatoms. The highest BCUT2D eigenvalue weighted by molar-refractivity contribution is 5.40. The van der Waals surface area contributed by atoms with E-state index in [0.29, 0.717) is 0 Å². The minimum absolute atomic E-state index is 0.231. The molecule has 0 aliphatic rings. The molecule has 1 heterocycles. The number of aryl methyl sites for hydroxylation is 1. The Morgan fingerprint density at radius 3 is 2.48 bits per heavy atom. The van der Waals surface area contributed by atoms with Crippen LogP contribution in [0.15, 0.2) is 18.2 Å². The van der Waals surface area contributed by atoms with Crippen molar-refractivity contribution < 1.29 is 17.9 Å². The van der Waals surface area contributed by atoms with Crippen molar-refractivity contribution in [1.82, 2.24) is 15.0 Å². The topological polar surface area (TPSA) is 86.0 Å². The number of nitrogens with two attached hydrogens (primary N) is 1. The van der Waals surface area contributed by atoms with E-state index in [1.807, 2.05) is 13.0 Å². The summed E-state index contributed by atoms with van der Waals surface area (Å²) in [6.45, 7) is 3.65. The van der Waals surface area contributed by atoms with E-state index in [-0.39, 0.29) is 12.0 Å². The lowest BCUT2D eigenvalue weighted by Gasteiger charge is -2.16. The maximum atomic E-state index is 12.7. The first kappa shape index (κ1) is 16.8. The zero-order valence-electron chi connectivity index (χ0n) is 12.8. The summed E-state index contributed by atoms with van der Waals surface area (Å²) in [5, 5.41) is 2.79. The van der Waals surface area contributed by atoms with Gasteiger partial charge in [0.1, 0.15) is 5.75 Å². The Bertz CT molecular complexity index is 705. The van der Waals surface area contributed by atoms with Crippen LogP contribution in [0.2, 0.25) is 0 Å². The first-order valence-electron chi connectivity index (χ1n) is 6.70. The Hall–Kier alpha value is -2.58. The number of hydrogen-bond acceptors (Lipinski definition) is 6. The van der Waals surface area contributed by atoms with Crippen LogP contribution in [0.25, 0.3) is 0 Å². The number of ether oxygens (including phenoxy) is 1. The number of benzene rings is 1. The summed E-state index contributed by atoms with van der Waals surface area (Å²) in [6, 6.07) is 5.12. The molecular formula is C14H16F3N5O. The molecule has 6 nitrogen and oxygen atoms in total. The van der Waals surface area contributed by atoms with Crippen molar-refractivity contribution in [2.24, 2.45) is 0 Å². The normalized spacial score (nSPS) is 12.8. The lowest BCUT2D eigenvalue weighted by Crippen LogP contribution is -2.17. The van der Waals surface area contributed by atoms with Crippen LogP contribution in [0.3, 0.4) is 0 Å². The van der Waals surface area contributed by atoms with Crippen molar-refractivity contribution in [1.29, 1.82) is 0 Å².